The van der Waals surface area contributed by atoms with Gasteiger partial charge in [-0.3, -0.25) is 9.78 Å². The van der Waals surface area contributed by atoms with E-state index in [1.54, 1.807) is 24.5 Å². The standard InChI is InChI=1S/C19H16N6O2/c1-11-4-5-15-13(8-11)14(9-12(2)23-15)19(26)22-10-16-24-18(25-27-16)17-20-6-3-7-21-17/h3-9H,10H2,1-2H3,(H,22,26). The third kappa shape index (κ3) is 3.50. The molecule has 8 nitrogen and oxygen atoms in total. The maximum atomic E-state index is 12.7. The van der Waals surface area contributed by atoms with Crippen molar-refractivity contribution in [1.29, 1.82) is 0 Å². The van der Waals surface area contributed by atoms with Gasteiger partial charge in [-0.25, -0.2) is 9.97 Å². The number of nitrogens with zero attached hydrogens (tertiary/aromatic N) is 5. The highest BCUT2D eigenvalue weighted by molar-refractivity contribution is 6.06. The fraction of sp³-hybridized carbons (Fsp3) is 0.158. The Balaban J connectivity index is 1.54. The van der Waals surface area contributed by atoms with E-state index in [-0.39, 0.29) is 24.2 Å². The van der Waals surface area contributed by atoms with Gasteiger partial charge in [0.2, 0.25) is 17.5 Å². The van der Waals surface area contributed by atoms with E-state index in [0.717, 1.165) is 22.2 Å². The number of carbonyl (C=O) groups excluding carboxylic acids is 1. The number of benzene rings is 1. The number of rotatable bonds is 4. The zero-order valence-electron chi connectivity index (χ0n) is 14.8. The molecule has 0 saturated carbocycles. The van der Waals surface area contributed by atoms with Gasteiger partial charge in [0.05, 0.1) is 17.6 Å². The minimum Gasteiger partial charge on any atom is -0.343 e. The molecule has 0 unspecified atom stereocenters. The molecule has 1 N–H and O–H groups in total. The number of pyridine rings is 1. The topological polar surface area (TPSA) is 107 Å². The van der Waals surface area contributed by atoms with Crippen molar-refractivity contribution in [3.05, 3.63) is 65.4 Å². The van der Waals surface area contributed by atoms with Crippen LogP contribution in [-0.4, -0.2) is 31.0 Å². The fourth-order valence-corrected chi connectivity index (χ4v) is 2.74. The van der Waals surface area contributed by atoms with Crippen LogP contribution in [0.3, 0.4) is 0 Å². The molecule has 0 radical (unpaired) electrons. The lowest BCUT2D eigenvalue weighted by atomic mass is 10.0. The van der Waals surface area contributed by atoms with Crippen molar-refractivity contribution < 1.29 is 9.32 Å². The first kappa shape index (κ1) is 16.8. The number of aromatic nitrogens is 5. The summed E-state index contributed by atoms with van der Waals surface area (Å²) in [5.41, 5.74) is 3.18. The van der Waals surface area contributed by atoms with Crippen LogP contribution >= 0.6 is 0 Å². The van der Waals surface area contributed by atoms with Crippen LogP contribution in [0.2, 0.25) is 0 Å². The number of fused-ring (bicyclic) bond motifs is 1. The first-order chi connectivity index (χ1) is 13.1. The molecule has 4 rings (SSSR count). The van der Waals surface area contributed by atoms with Crippen molar-refractivity contribution in [3.8, 4) is 11.6 Å². The molecule has 8 heteroatoms. The second-order valence-corrected chi connectivity index (χ2v) is 6.10. The first-order valence-corrected chi connectivity index (χ1v) is 8.36. The van der Waals surface area contributed by atoms with E-state index in [9.17, 15) is 4.79 Å². The zero-order chi connectivity index (χ0) is 18.8. The number of nitrogens with one attached hydrogen (secondary N) is 1. The van der Waals surface area contributed by atoms with E-state index in [1.807, 2.05) is 32.0 Å². The Hall–Kier alpha value is -3.68. The van der Waals surface area contributed by atoms with E-state index in [2.05, 4.69) is 30.4 Å². The summed E-state index contributed by atoms with van der Waals surface area (Å²) in [6.07, 6.45) is 3.19. The van der Waals surface area contributed by atoms with Crippen LogP contribution < -0.4 is 5.32 Å². The number of hydrogen-bond acceptors (Lipinski definition) is 7. The molecule has 0 aliphatic heterocycles. The summed E-state index contributed by atoms with van der Waals surface area (Å²) >= 11 is 0. The van der Waals surface area contributed by atoms with Crippen molar-refractivity contribution in [3.63, 3.8) is 0 Å². The zero-order valence-corrected chi connectivity index (χ0v) is 14.8. The minimum absolute atomic E-state index is 0.105. The Morgan fingerprint density at radius 3 is 2.70 bits per heavy atom. The molecular formula is C19H16N6O2. The molecule has 134 valence electrons. The number of aryl methyl sites for hydroxylation is 2. The van der Waals surface area contributed by atoms with Crippen LogP contribution in [0.4, 0.5) is 0 Å². The Morgan fingerprint density at radius 2 is 1.89 bits per heavy atom. The van der Waals surface area contributed by atoms with Gasteiger partial charge in [-0.1, -0.05) is 16.8 Å². The van der Waals surface area contributed by atoms with Crippen LogP contribution in [0.15, 0.2) is 47.2 Å². The molecule has 0 saturated heterocycles. The van der Waals surface area contributed by atoms with Crippen molar-refractivity contribution in [2.24, 2.45) is 0 Å². The lowest BCUT2D eigenvalue weighted by Crippen LogP contribution is -2.23. The molecule has 0 fully saturated rings. The molecule has 27 heavy (non-hydrogen) atoms. The summed E-state index contributed by atoms with van der Waals surface area (Å²) < 4.78 is 5.17. The molecule has 3 aromatic heterocycles. The molecule has 0 bridgehead atoms. The Bertz CT molecular complexity index is 1120. The van der Waals surface area contributed by atoms with Gasteiger partial charge in [-0.05, 0) is 38.1 Å². The summed E-state index contributed by atoms with van der Waals surface area (Å²) in [5.74, 6) is 0.689. The highest BCUT2D eigenvalue weighted by Crippen LogP contribution is 2.20. The molecule has 1 aromatic carbocycles. The van der Waals surface area contributed by atoms with Gasteiger partial charge >= 0.3 is 0 Å². The third-order valence-corrected chi connectivity index (χ3v) is 3.97. The van der Waals surface area contributed by atoms with E-state index in [1.165, 1.54) is 0 Å². The first-order valence-electron chi connectivity index (χ1n) is 8.36. The molecule has 0 spiro atoms. The predicted octanol–water partition coefficient (Wildman–Crippen LogP) is 2.62. The summed E-state index contributed by atoms with van der Waals surface area (Å²) in [6, 6.07) is 9.32. The van der Waals surface area contributed by atoms with E-state index >= 15 is 0 Å². The largest absolute Gasteiger partial charge is 0.343 e. The van der Waals surface area contributed by atoms with Crippen LogP contribution in [0, 0.1) is 13.8 Å². The summed E-state index contributed by atoms with van der Waals surface area (Å²) in [7, 11) is 0. The van der Waals surface area contributed by atoms with Crippen molar-refractivity contribution >= 4 is 16.8 Å². The summed E-state index contributed by atoms with van der Waals surface area (Å²) in [6.45, 7) is 3.94. The van der Waals surface area contributed by atoms with Gasteiger partial charge < -0.3 is 9.84 Å². The van der Waals surface area contributed by atoms with Gasteiger partial charge in [-0.15, -0.1) is 0 Å². The van der Waals surface area contributed by atoms with Crippen molar-refractivity contribution in [2.75, 3.05) is 0 Å². The van der Waals surface area contributed by atoms with E-state index < -0.39 is 0 Å². The molecule has 0 aliphatic carbocycles. The summed E-state index contributed by atoms with van der Waals surface area (Å²) in [5, 5.41) is 7.46. The third-order valence-electron chi connectivity index (χ3n) is 3.97. The number of amides is 1. The van der Waals surface area contributed by atoms with Gasteiger partial charge in [0, 0.05) is 23.5 Å². The van der Waals surface area contributed by atoms with Crippen LogP contribution in [0.25, 0.3) is 22.6 Å². The smallest absolute Gasteiger partial charge is 0.252 e. The van der Waals surface area contributed by atoms with Crippen molar-refractivity contribution in [1.82, 2.24) is 30.4 Å². The quantitative estimate of drug-likeness (QED) is 0.596. The van der Waals surface area contributed by atoms with E-state index in [4.69, 9.17) is 4.52 Å². The Kier molecular flexibility index (Phi) is 4.29. The highest BCUT2D eigenvalue weighted by atomic mass is 16.5. The SMILES string of the molecule is Cc1ccc2nc(C)cc(C(=O)NCc3nc(-c4ncccn4)no3)c2c1. The molecule has 0 aliphatic rings. The molecule has 1 amide bonds. The van der Waals surface area contributed by atoms with Crippen LogP contribution in [-0.2, 0) is 6.54 Å². The average Bonchev–Trinajstić information content (AvgIpc) is 3.15. The number of carbonyl (C=O) groups is 1. The maximum Gasteiger partial charge on any atom is 0.252 e. The Morgan fingerprint density at radius 1 is 1.07 bits per heavy atom. The van der Waals surface area contributed by atoms with Gasteiger partial charge in [0.1, 0.15) is 0 Å². The molecular weight excluding hydrogens is 344 g/mol. The monoisotopic (exact) mass is 360 g/mol. The van der Waals surface area contributed by atoms with Crippen LogP contribution in [0.5, 0.6) is 0 Å². The fourth-order valence-electron chi connectivity index (χ4n) is 2.74. The number of hydrogen-bond donors (Lipinski definition) is 1. The second-order valence-electron chi connectivity index (χ2n) is 6.10. The average molecular weight is 360 g/mol. The molecule has 4 aromatic rings. The lowest BCUT2D eigenvalue weighted by molar-refractivity contribution is 0.0948. The maximum absolute atomic E-state index is 12.7. The second kappa shape index (κ2) is 6.91. The predicted molar refractivity (Wildman–Crippen MR) is 97.7 cm³/mol. The molecule has 0 atom stereocenters. The van der Waals surface area contributed by atoms with Gasteiger partial charge in [-0.2, -0.15) is 4.98 Å². The van der Waals surface area contributed by atoms with Gasteiger partial charge in [0.15, 0.2) is 0 Å². The summed E-state index contributed by atoms with van der Waals surface area (Å²) in [4.78, 5) is 29.5. The van der Waals surface area contributed by atoms with E-state index in [0.29, 0.717) is 11.4 Å². The molecule has 3 heterocycles. The highest BCUT2D eigenvalue weighted by Gasteiger charge is 2.15. The van der Waals surface area contributed by atoms with Crippen LogP contribution in [0.1, 0.15) is 27.5 Å². The lowest BCUT2D eigenvalue weighted by Gasteiger charge is -2.08. The van der Waals surface area contributed by atoms with Crippen molar-refractivity contribution in [2.45, 2.75) is 20.4 Å². The van der Waals surface area contributed by atoms with Gasteiger partial charge in [0.25, 0.3) is 5.91 Å². The Labute approximate surface area is 154 Å². The minimum atomic E-state index is -0.230. The normalized spacial score (nSPS) is 10.9.